The molecule has 0 aliphatic carbocycles. The van der Waals surface area contributed by atoms with E-state index in [1.807, 2.05) is 0 Å². The van der Waals surface area contributed by atoms with Crippen molar-refractivity contribution < 1.29 is 9.53 Å². The molecule has 0 saturated heterocycles. The molecule has 64 valence electrons. The van der Waals surface area contributed by atoms with Crippen molar-refractivity contribution in [2.75, 3.05) is 0 Å². The minimum Gasteiger partial charge on any atom is -0.462 e. The van der Waals surface area contributed by atoms with Gasteiger partial charge in [0.1, 0.15) is 6.04 Å². The maximum Gasteiger partial charge on any atom is 0.323 e. The summed E-state index contributed by atoms with van der Waals surface area (Å²) < 4.78 is 4.88. The second-order valence-electron chi connectivity index (χ2n) is 2.45. The molecule has 0 rings (SSSR count). The Morgan fingerprint density at radius 3 is 2.45 bits per heavy atom. The van der Waals surface area contributed by atoms with E-state index in [9.17, 15) is 4.79 Å². The molecule has 5 heteroatoms. The maximum absolute atomic E-state index is 11.0. The van der Waals surface area contributed by atoms with Gasteiger partial charge >= 0.3 is 5.97 Å². The molecule has 2 N–H and O–H groups in total. The highest BCUT2D eigenvalue weighted by Crippen LogP contribution is 1.96. The van der Waals surface area contributed by atoms with Gasteiger partial charge < -0.3 is 4.74 Å². The van der Waals surface area contributed by atoms with Crippen molar-refractivity contribution in [3.05, 3.63) is 0 Å². The third kappa shape index (κ3) is 4.87. The third-order valence-corrected chi connectivity index (χ3v) is 1.48. The van der Waals surface area contributed by atoms with E-state index in [0.717, 1.165) is 0 Å². The molecule has 0 aromatic rings. The van der Waals surface area contributed by atoms with E-state index in [1.54, 1.807) is 20.8 Å². The van der Waals surface area contributed by atoms with Crippen LogP contribution in [0.3, 0.4) is 0 Å². The molecule has 0 amide bonds. The smallest absolute Gasteiger partial charge is 0.323 e. The summed E-state index contributed by atoms with van der Waals surface area (Å²) in [4.78, 5) is 11.0. The minimum absolute atomic E-state index is 0.0887. The fraction of sp³-hybridized carbons (Fsp3) is 0.833. The minimum atomic E-state index is -0.392. The molecule has 0 saturated carbocycles. The molecule has 1 atom stereocenters. The van der Waals surface area contributed by atoms with E-state index in [2.05, 4.69) is 5.09 Å². The lowest BCUT2D eigenvalue weighted by Gasteiger charge is -2.11. The van der Waals surface area contributed by atoms with Crippen LogP contribution in [0.15, 0.2) is 0 Å². The Balaban J connectivity index is 3.72. The highest BCUT2D eigenvalue weighted by atomic mass is 31.1. The van der Waals surface area contributed by atoms with E-state index in [1.165, 1.54) is 0 Å². The van der Waals surface area contributed by atoms with Crippen LogP contribution < -0.4 is 5.09 Å². The second-order valence-corrected chi connectivity index (χ2v) is 2.93. The SMILES string of the molecule is CC(C)OC(=O)[C@@H](C)NP=N. The Hall–Kier alpha value is -0.470. The molecular weight excluding hydrogens is 163 g/mol. The quantitative estimate of drug-likeness (QED) is 0.504. The average molecular weight is 176 g/mol. The van der Waals surface area contributed by atoms with Crippen LogP contribution in [0.1, 0.15) is 20.8 Å². The summed E-state index contributed by atoms with van der Waals surface area (Å²) in [6.45, 7) is 5.26. The van der Waals surface area contributed by atoms with Crippen LogP contribution in [0.4, 0.5) is 0 Å². The van der Waals surface area contributed by atoms with Gasteiger partial charge in [0.25, 0.3) is 0 Å². The summed E-state index contributed by atoms with van der Waals surface area (Å²) in [5.41, 5.74) is 0. The van der Waals surface area contributed by atoms with Gasteiger partial charge in [0, 0.05) is 0 Å². The highest BCUT2D eigenvalue weighted by molar-refractivity contribution is 7.22. The molecule has 0 bridgehead atoms. The Morgan fingerprint density at radius 1 is 1.55 bits per heavy atom. The van der Waals surface area contributed by atoms with Crippen LogP contribution in [-0.4, -0.2) is 18.1 Å². The topological polar surface area (TPSA) is 62.2 Å². The summed E-state index contributed by atoms with van der Waals surface area (Å²) in [6.07, 6.45) is -0.0887. The van der Waals surface area contributed by atoms with Crippen molar-refractivity contribution in [2.24, 2.45) is 0 Å². The first-order chi connectivity index (χ1) is 5.07. The van der Waals surface area contributed by atoms with Crippen LogP contribution in [0, 0.1) is 5.16 Å². The molecule has 0 aromatic heterocycles. The fourth-order valence-corrected chi connectivity index (χ4v) is 0.783. The number of nitrogens with one attached hydrogen (secondary N) is 2. The van der Waals surface area contributed by atoms with E-state index >= 15 is 0 Å². The molecule has 4 nitrogen and oxygen atoms in total. The first kappa shape index (κ1) is 10.5. The van der Waals surface area contributed by atoms with E-state index in [-0.39, 0.29) is 20.6 Å². The number of rotatable bonds is 4. The van der Waals surface area contributed by atoms with Gasteiger partial charge in [-0.05, 0) is 20.8 Å². The van der Waals surface area contributed by atoms with Crippen molar-refractivity contribution in [2.45, 2.75) is 32.9 Å². The molecule has 0 aliphatic heterocycles. The molecule has 0 radical (unpaired) electrons. The van der Waals surface area contributed by atoms with Gasteiger partial charge in [0.15, 0.2) is 0 Å². The lowest BCUT2D eigenvalue weighted by Crippen LogP contribution is -2.31. The molecule has 0 spiro atoms. The van der Waals surface area contributed by atoms with Gasteiger partial charge in [-0.1, -0.05) is 0 Å². The Bertz CT molecular complexity index is 150. The zero-order valence-electron chi connectivity index (χ0n) is 6.92. The monoisotopic (exact) mass is 176 g/mol. The van der Waals surface area contributed by atoms with Crippen molar-refractivity contribution >= 4 is 14.5 Å². The number of hydrogen-bond donors (Lipinski definition) is 2. The van der Waals surface area contributed by atoms with Crippen LogP contribution in [0.5, 0.6) is 0 Å². The Labute approximate surface area is 68.1 Å². The van der Waals surface area contributed by atoms with Crippen LogP contribution >= 0.6 is 8.52 Å². The number of carbonyl (C=O) groups excluding carboxylic acids is 1. The van der Waals surface area contributed by atoms with Gasteiger partial charge in [0.2, 0.25) is 0 Å². The first-order valence-corrected chi connectivity index (χ1v) is 4.29. The van der Waals surface area contributed by atoms with Gasteiger partial charge in [-0.3, -0.25) is 9.96 Å². The van der Waals surface area contributed by atoms with E-state index < -0.39 is 6.04 Å². The van der Waals surface area contributed by atoms with Crippen LogP contribution in [0.25, 0.3) is 0 Å². The zero-order valence-corrected chi connectivity index (χ0v) is 7.81. The fourth-order valence-electron chi connectivity index (χ4n) is 0.484. The van der Waals surface area contributed by atoms with Gasteiger partial charge in [0.05, 0.1) is 14.6 Å². The van der Waals surface area contributed by atoms with E-state index in [4.69, 9.17) is 9.90 Å². The second kappa shape index (κ2) is 5.22. The summed E-state index contributed by atoms with van der Waals surface area (Å²) >= 11 is 0. The number of hydrogen-bond acceptors (Lipinski definition) is 3. The molecule has 0 heterocycles. The summed E-state index contributed by atoms with van der Waals surface area (Å²) in [7, 11) is 0.245. The molecule has 11 heavy (non-hydrogen) atoms. The van der Waals surface area contributed by atoms with E-state index in [0.29, 0.717) is 0 Å². The molecule has 0 fully saturated rings. The van der Waals surface area contributed by atoms with Crippen LogP contribution in [0.2, 0.25) is 0 Å². The maximum atomic E-state index is 11.0. The molecule has 0 unspecified atom stereocenters. The lowest BCUT2D eigenvalue weighted by molar-refractivity contribution is -0.148. The summed E-state index contributed by atoms with van der Waals surface area (Å²) in [5, 5.41) is 9.38. The molecule has 0 aliphatic rings. The predicted molar refractivity (Wildman–Crippen MR) is 43.5 cm³/mol. The number of ether oxygens (including phenoxy) is 1. The largest absolute Gasteiger partial charge is 0.462 e. The van der Waals surface area contributed by atoms with Crippen molar-refractivity contribution in [1.82, 2.24) is 5.09 Å². The van der Waals surface area contributed by atoms with Crippen molar-refractivity contribution in [3.63, 3.8) is 0 Å². The highest BCUT2D eigenvalue weighted by Gasteiger charge is 2.13. The molecule has 0 aromatic carbocycles. The van der Waals surface area contributed by atoms with Gasteiger partial charge in [-0.15, -0.1) is 0 Å². The van der Waals surface area contributed by atoms with Gasteiger partial charge in [-0.25, -0.2) is 5.09 Å². The number of carbonyl (C=O) groups is 1. The normalized spacial score (nSPS) is 13.5. The van der Waals surface area contributed by atoms with Crippen molar-refractivity contribution in [3.8, 4) is 0 Å². The van der Waals surface area contributed by atoms with Gasteiger partial charge in [-0.2, -0.15) is 0 Å². The Morgan fingerprint density at radius 2 is 2.09 bits per heavy atom. The Kier molecular flexibility index (Phi) is 4.99. The first-order valence-electron chi connectivity index (χ1n) is 3.40. The standard InChI is InChI=1S/C6H13N2O2P/c1-4(2)10-6(9)5(3)8-11-7/h4-5H,1-3H3,(H2,7,8)/t5-/m1/s1. The molecular formula is C6H13N2O2P. The summed E-state index contributed by atoms with van der Waals surface area (Å²) in [5.74, 6) is -0.306. The predicted octanol–water partition coefficient (Wildman–Crippen LogP) is 1.54. The number of esters is 1. The third-order valence-electron chi connectivity index (χ3n) is 0.964. The lowest BCUT2D eigenvalue weighted by atomic mass is 10.4. The zero-order chi connectivity index (χ0) is 8.85. The van der Waals surface area contributed by atoms with Crippen molar-refractivity contribution in [1.29, 1.82) is 5.16 Å². The summed E-state index contributed by atoms with van der Waals surface area (Å²) in [6, 6.07) is -0.392. The average Bonchev–Trinajstić information content (AvgIpc) is 1.86. The van der Waals surface area contributed by atoms with Crippen LogP contribution in [-0.2, 0) is 9.53 Å².